The van der Waals surface area contributed by atoms with Crippen molar-refractivity contribution < 1.29 is 18.7 Å². The molecule has 2 aromatic rings. The maximum absolute atomic E-state index is 13.4. The summed E-state index contributed by atoms with van der Waals surface area (Å²) in [4.78, 5) is 14.9. The summed E-state index contributed by atoms with van der Waals surface area (Å²) >= 11 is 0. The van der Waals surface area contributed by atoms with Crippen LogP contribution < -0.4 is 20.5 Å². The number of hydrogen-bond donors (Lipinski definition) is 2. The van der Waals surface area contributed by atoms with Gasteiger partial charge in [-0.05, 0) is 37.1 Å². The molecule has 1 unspecified atom stereocenters. The van der Waals surface area contributed by atoms with E-state index in [2.05, 4.69) is 10.2 Å². The van der Waals surface area contributed by atoms with Gasteiger partial charge in [0.2, 0.25) is 12.7 Å². The number of amides is 1. The van der Waals surface area contributed by atoms with Crippen LogP contribution in [-0.4, -0.2) is 30.7 Å². The van der Waals surface area contributed by atoms with Gasteiger partial charge in [-0.3, -0.25) is 9.69 Å². The van der Waals surface area contributed by atoms with E-state index < -0.39 is 0 Å². The highest BCUT2D eigenvalue weighted by Gasteiger charge is 2.27. The summed E-state index contributed by atoms with van der Waals surface area (Å²) < 4.78 is 24.0. The van der Waals surface area contributed by atoms with E-state index in [4.69, 9.17) is 15.2 Å². The van der Waals surface area contributed by atoms with E-state index in [1.807, 2.05) is 6.07 Å². The van der Waals surface area contributed by atoms with Crippen molar-refractivity contribution >= 4 is 17.3 Å². The fourth-order valence-corrected chi connectivity index (χ4v) is 3.61. The van der Waals surface area contributed by atoms with Gasteiger partial charge in [0, 0.05) is 25.2 Å². The number of nitrogen functional groups attached to an aromatic ring is 1. The van der Waals surface area contributed by atoms with Crippen LogP contribution in [0.3, 0.4) is 0 Å². The number of carbonyl (C=O) groups excluding carboxylic acids is 1. The maximum atomic E-state index is 13.4. The Balaban J connectivity index is 1.40. The molecule has 7 heteroatoms. The number of piperidine rings is 1. The Morgan fingerprint density at radius 2 is 2.07 bits per heavy atom. The Morgan fingerprint density at radius 3 is 2.89 bits per heavy atom. The minimum absolute atomic E-state index is 0.0653. The molecule has 2 heterocycles. The topological polar surface area (TPSA) is 76.8 Å². The molecule has 4 rings (SSSR count). The van der Waals surface area contributed by atoms with E-state index in [0.717, 1.165) is 24.9 Å². The molecule has 2 aliphatic rings. The highest BCUT2D eigenvalue weighted by Crippen LogP contribution is 2.38. The normalized spacial score (nSPS) is 19.1. The number of nitrogens with zero attached hydrogens (tertiary/aromatic N) is 1. The Morgan fingerprint density at radius 1 is 1.26 bits per heavy atom. The van der Waals surface area contributed by atoms with Crippen molar-refractivity contribution in [2.45, 2.75) is 19.4 Å². The third kappa shape index (κ3) is 3.98. The average Bonchev–Trinajstić information content (AvgIpc) is 3.09. The van der Waals surface area contributed by atoms with Crippen molar-refractivity contribution in [3.05, 3.63) is 47.8 Å². The third-order valence-electron chi connectivity index (χ3n) is 4.97. The summed E-state index contributed by atoms with van der Waals surface area (Å²) in [5.74, 6) is 0.721. The molecule has 2 aliphatic heterocycles. The largest absolute Gasteiger partial charge is 0.454 e. The van der Waals surface area contributed by atoms with E-state index in [0.29, 0.717) is 36.0 Å². The number of carbonyl (C=O) groups is 1. The van der Waals surface area contributed by atoms with Gasteiger partial charge in [-0.1, -0.05) is 12.1 Å². The number of nitrogens with two attached hydrogens (primary N) is 1. The van der Waals surface area contributed by atoms with Crippen LogP contribution >= 0.6 is 0 Å². The number of halogens is 1. The van der Waals surface area contributed by atoms with E-state index >= 15 is 0 Å². The van der Waals surface area contributed by atoms with Gasteiger partial charge in [0.1, 0.15) is 5.82 Å². The molecule has 1 fully saturated rings. The fraction of sp³-hybridized carbons (Fsp3) is 0.350. The van der Waals surface area contributed by atoms with E-state index in [1.54, 1.807) is 18.2 Å². The summed E-state index contributed by atoms with van der Waals surface area (Å²) in [7, 11) is 0. The Bertz CT molecular complexity index is 858. The van der Waals surface area contributed by atoms with Crippen LogP contribution in [-0.2, 0) is 11.3 Å². The quantitative estimate of drug-likeness (QED) is 0.808. The molecule has 0 saturated carbocycles. The number of ether oxygens (including phenoxy) is 2. The molecule has 6 nitrogen and oxygen atoms in total. The van der Waals surface area contributed by atoms with Crippen molar-refractivity contribution in [3.8, 4) is 11.5 Å². The molecule has 3 N–H and O–H groups in total. The van der Waals surface area contributed by atoms with Crippen LogP contribution in [0.15, 0.2) is 36.4 Å². The molecule has 1 amide bonds. The predicted octanol–water partition coefficient (Wildman–Crippen LogP) is 2.99. The van der Waals surface area contributed by atoms with Gasteiger partial charge in [-0.15, -0.1) is 0 Å². The molecule has 0 radical (unpaired) electrons. The second-order valence-electron chi connectivity index (χ2n) is 6.99. The van der Waals surface area contributed by atoms with Crippen LogP contribution in [0.4, 0.5) is 15.8 Å². The fourth-order valence-electron chi connectivity index (χ4n) is 3.61. The molecule has 1 saturated heterocycles. The van der Waals surface area contributed by atoms with Crippen LogP contribution in [0.5, 0.6) is 11.5 Å². The Hall–Kier alpha value is -2.80. The summed E-state index contributed by atoms with van der Waals surface area (Å²) in [6.07, 6.45) is 1.74. The number of likely N-dealkylation sites (tertiary alicyclic amines) is 1. The minimum atomic E-state index is -0.239. The first-order valence-corrected chi connectivity index (χ1v) is 9.05. The van der Waals surface area contributed by atoms with Crippen molar-refractivity contribution in [3.63, 3.8) is 0 Å². The molecule has 1 atom stereocenters. The number of anilines is 2. The third-order valence-corrected chi connectivity index (χ3v) is 4.97. The molecule has 0 aliphatic carbocycles. The molecule has 0 spiro atoms. The van der Waals surface area contributed by atoms with Gasteiger partial charge >= 0.3 is 0 Å². The number of nitrogens with one attached hydrogen (secondary N) is 1. The monoisotopic (exact) mass is 371 g/mol. The lowest BCUT2D eigenvalue weighted by molar-refractivity contribution is -0.121. The van der Waals surface area contributed by atoms with E-state index in [9.17, 15) is 9.18 Å². The second-order valence-corrected chi connectivity index (χ2v) is 6.99. The van der Waals surface area contributed by atoms with Gasteiger partial charge in [-0.25, -0.2) is 4.39 Å². The molecular weight excluding hydrogens is 349 g/mol. The number of fused-ring (bicyclic) bond motifs is 1. The van der Waals surface area contributed by atoms with Gasteiger partial charge in [0.25, 0.3) is 0 Å². The minimum Gasteiger partial charge on any atom is -0.454 e. The number of rotatable bonds is 4. The highest BCUT2D eigenvalue weighted by molar-refractivity contribution is 5.96. The molecule has 142 valence electrons. The summed E-state index contributed by atoms with van der Waals surface area (Å²) in [6.45, 7) is 2.32. The van der Waals surface area contributed by atoms with Crippen LogP contribution in [0.1, 0.15) is 18.4 Å². The smallest absolute Gasteiger partial charge is 0.231 e. The molecular formula is C20H22FN3O3. The maximum Gasteiger partial charge on any atom is 0.231 e. The number of hydrogen-bond acceptors (Lipinski definition) is 5. The van der Waals surface area contributed by atoms with Crippen molar-refractivity contribution in [2.75, 3.05) is 30.9 Å². The molecule has 27 heavy (non-hydrogen) atoms. The van der Waals surface area contributed by atoms with E-state index in [1.165, 1.54) is 12.1 Å². The Labute approximate surface area is 157 Å². The van der Waals surface area contributed by atoms with Gasteiger partial charge in [0.15, 0.2) is 11.5 Å². The van der Waals surface area contributed by atoms with Crippen molar-refractivity contribution in [1.29, 1.82) is 0 Å². The zero-order valence-electron chi connectivity index (χ0n) is 14.9. The first-order valence-electron chi connectivity index (χ1n) is 9.05. The first kappa shape index (κ1) is 17.6. The lowest BCUT2D eigenvalue weighted by atomic mass is 9.96. The predicted molar refractivity (Wildman–Crippen MR) is 100 cm³/mol. The van der Waals surface area contributed by atoms with E-state index in [-0.39, 0.29) is 24.4 Å². The van der Waals surface area contributed by atoms with Crippen LogP contribution in [0.2, 0.25) is 0 Å². The van der Waals surface area contributed by atoms with Crippen molar-refractivity contribution in [1.82, 2.24) is 4.90 Å². The summed E-state index contributed by atoms with van der Waals surface area (Å²) in [5, 5.41) is 2.92. The summed E-state index contributed by atoms with van der Waals surface area (Å²) in [6, 6.07) is 9.95. The molecule has 0 bridgehead atoms. The Kier molecular flexibility index (Phi) is 4.85. The standard InChI is InChI=1S/C20H22FN3O3/c21-15-5-1-3-13(7-15)10-24-6-2-4-14(11-24)20(25)23-17-9-19-18(8-16(17)22)26-12-27-19/h1,3,5,7-9,14H,2,4,6,10-12,22H2,(H,23,25). The summed E-state index contributed by atoms with van der Waals surface area (Å²) in [5.41, 5.74) is 7.91. The van der Waals surface area contributed by atoms with Crippen LogP contribution in [0, 0.1) is 11.7 Å². The zero-order chi connectivity index (χ0) is 18.8. The highest BCUT2D eigenvalue weighted by atomic mass is 19.1. The molecule has 0 aromatic heterocycles. The number of benzene rings is 2. The average molecular weight is 371 g/mol. The zero-order valence-corrected chi connectivity index (χ0v) is 14.9. The van der Waals surface area contributed by atoms with Crippen molar-refractivity contribution in [2.24, 2.45) is 5.92 Å². The SMILES string of the molecule is Nc1cc2c(cc1NC(=O)C1CCCN(Cc3cccc(F)c3)C1)OCO2. The van der Waals surface area contributed by atoms with Crippen LogP contribution in [0.25, 0.3) is 0 Å². The lowest BCUT2D eigenvalue weighted by Gasteiger charge is -2.32. The van der Waals surface area contributed by atoms with Gasteiger partial charge in [0.05, 0.1) is 17.3 Å². The van der Waals surface area contributed by atoms with Gasteiger partial charge in [-0.2, -0.15) is 0 Å². The van der Waals surface area contributed by atoms with Gasteiger partial charge < -0.3 is 20.5 Å². The lowest BCUT2D eigenvalue weighted by Crippen LogP contribution is -2.40. The first-order chi connectivity index (χ1) is 13.1. The molecule has 2 aromatic carbocycles. The second kappa shape index (κ2) is 7.44.